The smallest absolute Gasteiger partial charge is 0.220 e. The van der Waals surface area contributed by atoms with Gasteiger partial charge in [-0.3, -0.25) is 9.59 Å². The van der Waals surface area contributed by atoms with E-state index in [1.165, 1.54) is 12.5 Å². The lowest BCUT2D eigenvalue weighted by molar-refractivity contribution is -0.135. The molecule has 0 aromatic heterocycles. The molecule has 1 aromatic rings. The summed E-state index contributed by atoms with van der Waals surface area (Å²) in [6, 6.07) is 7.47. The molecule has 3 heteroatoms. The average molecular weight is 239 g/mol. The van der Waals surface area contributed by atoms with Gasteiger partial charge >= 0.3 is 0 Å². The van der Waals surface area contributed by atoms with Crippen LogP contribution in [-0.2, 0) is 9.59 Å². The van der Waals surface area contributed by atoms with Crippen molar-refractivity contribution in [2.24, 2.45) is 0 Å². The predicted molar refractivity (Wildman–Crippen MR) is 64.8 cm³/mol. The Morgan fingerprint density at radius 1 is 1.06 bits per heavy atom. The van der Waals surface area contributed by atoms with Gasteiger partial charge in [0.15, 0.2) is 5.78 Å². The lowest BCUT2D eigenvalue weighted by atomic mass is 9.99. The summed E-state index contributed by atoms with van der Waals surface area (Å²) in [7, 11) is 0. The van der Waals surface area contributed by atoms with Gasteiger partial charge in [-0.25, -0.2) is 0 Å². The first kappa shape index (κ1) is 12.9. The average Bonchev–Trinajstić information content (AvgIpc) is 2.27. The van der Waals surface area contributed by atoms with Crippen LogP contribution < -0.4 is 0 Å². The highest BCUT2D eigenvalue weighted by Crippen LogP contribution is 2.24. The van der Waals surface area contributed by atoms with Gasteiger partial charge in [-0.2, -0.15) is 0 Å². The third kappa shape index (κ3) is 2.92. The van der Waals surface area contributed by atoms with Gasteiger partial charge in [-0.15, -0.1) is 11.6 Å². The van der Waals surface area contributed by atoms with E-state index in [4.69, 9.17) is 11.6 Å². The Bertz CT molecular complexity index is 393. The number of hydrogen-bond acceptors (Lipinski definition) is 2. The minimum Gasteiger partial charge on any atom is -0.291 e. The zero-order valence-electron chi connectivity index (χ0n) is 9.66. The molecule has 0 heterocycles. The summed E-state index contributed by atoms with van der Waals surface area (Å²) in [5, 5.41) is -0.862. The summed E-state index contributed by atoms with van der Waals surface area (Å²) >= 11 is 5.91. The largest absolute Gasteiger partial charge is 0.291 e. The summed E-state index contributed by atoms with van der Waals surface area (Å²) < 4.78 is 0. The van der Waals surface area contributed by atoms with Crippen LogP contribution in [0.2, 0.25) is 0 Å². The van der Waals surface area contributed by atoms with Crippen LogP contribution in [0.4, 0.5) is 0 Å². The molecule has 1 rings (SSSR count). The monoisotopic (exact) mass is 238 g/mol. The molecule has 2 nitrogen and oxygen atoms in total. The number of ketones is 2. The maximum Gasteiger partial charge on any atom is 0.220 e. The summed E-state index contributed by atoms with van der Waals surface area (Å²) in [6.45, 7) is 5.42. The van der Waals surface area contributed by atoms with Crippen molar-refractivity contribution in [3.63, 3.8) is 0 Å². The van der Waals surface area contributed by atoms with Crippen molar-refractivity contribution in [3.8, 4) is 0 Å². The van der Waals surface area contributed by atoms with Gasteiger partial charge in [0, 0.05) is 6.92 Å². The van der Waals surface area contributed by atoms with Gasteiger partial charge < -0.3 is 0 Å². The van der Waals surface area contributed by atoms with Crippen LogP contribution in [0.3, 0.4) is 0 Å². The van der Waals surface area contributed by atoms with E-state index in [1.807, 2.05) is 12.1 Å². The van der Waals surface area contributed by atoms with Crippen molar-refractivity contribution < 1.29 is 9.59 Å². The Balaban J connectivity index is 2.89. The van der Waals surface area contributed by atoms with Crippen molar-refractivity contribution in [2.45, 2.75) is 32.1 Å². The van der Waals surface area contributed by atoms with Crippen LogP contribution in [0.25, 0.3) is 0 Å². The van der Waals surface area contributed by atoms with E-state index in [1.54, 1.807) is 12.1 Å². The third-order valence-corrected chi connectivity index (χ3v) is 2.92. The zero-order chi connectivity index (χ0) is 12.3. The molecule has 0 N–H and O–H groups in total. The Morgan fingerprint density at radius 2 is 1.50 bits per heavy atom. The van der Waals surface area contributed by atoms with E-state index in [2.05, 4.69) is 13.8 Å². The van der Waals surface area contributed by atoms with Crippen molar-refractivity contribution in [1.29, 1.82) is 0 Å². The molecule has 0 aliphatic heterocycles. The van der Waals surface area contributed by atoms with Gasteiger partial charge in [-0.1, -0.05) is 38.1 Å². The van der Waals surface area contributed by atoms with Gasteiger partial charge in [-0.05, 0) is 17.0 Å². The standard InChI is InChI=1S/C13H15ClO2/c1-8(2)10-4-6-11(7-5-10)12(14)13(16)9(3)15/h4-8,12H,1-3H3. The maximum atomic E-state index is 11.4. The molecule has 0 bridgehead atoms. The number of halogens is 1. The normalized spacial score (nSPS) is 12.6. The second-order valence-corrected chi connectivity index (χ2v) is 4.54. The molecule has 0 aliphatic carbocycles. The highest BCUT2D eigenvalue weighted by atomic mass is 35.5. The first-order chi connectivity index (χ1) is 7.43. The van der Waals surface area contributed by atoms with Gasteiger partial charge in [0.1, 0.15) is 5.38 Å². The Hall–Kier alpha value is -1.15. The molecule has 0 spiro atoms. The van der Waals surface area contributed by atoms with E-state index in [0.29, 0.717) is 11.5 Å². The fourth-order valence-corrected chi connectivity index (χ4v) is 1.68. The van der Waals surface area contributed by atoms with Crippen LogP contribution in [0.5, 0.6) is 0 Å². The molecule has 0 fully saturated rings. The zero-order valence-corrected chi connectivity index (χ0v) is 10.4. The lowest BCUT2D eigenvalue weighted by Gasteiger charge is -2.09. The first-order valence-corrected chi connectivity index (χ1v) is 5.65. The molecular formula is C13H15ClO2. The maximum absolute atomic E-state index is 11.4. The van der Waals surface area contributed by atoms with Crippen LogP contribution in [0, 0.1) is 0 Å². The topological polar surface area (TPSA) is 34.1 Å². The van der Waals surface area contributed by atoms with Crippen LogP contribution in [-0.4, -0.2) is 11.6 Å². The Labute approximate surface area is 101 Å². The van der Waals surface area contributed by atoms with E-state index >= 15 is 0 Å². The third-order valence-electron chi connectivity index (χ3n) is 2.47. The lowest BCUT2D eigenvalue weighted by Crippen LogP contribution is -2.15. The molecular weight excluding hydrogens is 224 g/mol. The molecule has 0 saturated carbocycles. The van der Waals surface area contributed by atoms with Gasteiger partial charge in [0.2, 0.25) is 5.78 Å². The highest BCUT2D eigenvalue weighted by Gasteiger charge is 2.21. The fraction of sp³-hybridized carbons (Fsp3) is 0.385. The molecule has 0 aliphatic rings. The minimum atomic E-state index is -0.862. The molecule has 0 amide bonds. The molecule has 1 atom stereocenters. The number of carbonyl (C=O) groups is 2. The molecule has 16 heavy (non-hydrogen) atoms. The van der Waals surface area contributed by atoms with Crippen molar-refractivity contribution in [1.82, 2.24) is 0 Å². The SMILES string of the molecule is CC(=O)C(=O)C(Cl)c1ccc(C(C)C)cc1. The molecule has 1 aromatic carbocycles. The van der Waals surface area contributed by atoms with Crippen molar-refractivity contribution in [2.75, 3.05) is 0 Å². The highest BCUT2D eigenvalue weighted by molar-refractivity contribution is 6.48. The Morgan fingerprint density at radius 3 is 1.88 bits per heavy atom. The van der Waals surface area contributed by atoms with Gasteiger partial charge in [0.25, 0.3) is 0 Å². The number of carbonyl (C=O) groups excluding carboxylic acids is 2. The van der Waals surface area contributed by atoms with Crippen molar-refractivity contribution in [3.05, 3.63) is 35.4 Å². The van der Waals surface area contributed by atoms with E-state index in [-0.39, 0.29) is 0 Å². The fourth-order valence-electron chi connectivity index (χ4n) is 1.38. The summed E-state index contributed by atoms with van der Waals surface area (Å²) in [4.78, 5) is 22.3. The second-order valence-electron chi connectivity index (χ2n) is 4.10. The van der Waals surface area contributed by atoms with E-state index in [9.17, 15) is 9.59 Å². The number of Topliss-reactive ketones (excluding diaryl/α,β-unsaturated/α-hetero) is 2. The predicted octanol–water partition coefficient (Wildman–Crippen LogP) is 3.25. The number of benzene rings is 1. The van der Waals surface area contributed by atoms with Crippen molar-refractivity contribution >= 4 is 23.2 Å². The number of rotatable bonds is 4. The van der Waals surface area contributed by atoms with Crippen LogP contribution in [0.15, 0.2) is 24.3 Å². The van der Waals surface area contributed by atoms with E-state index < -0.39 is 16.9 Å². The van der Waals surface area contributed by atoms with Crippen LogP contribution in [0.1, 0.15) is 43.2 Å². The quantitative estimate of drug-likeness (QED) is 0.596. The summed E-state index contributed by atoms with van der Waals surface area (Å²) in [5.41, 5.74) is 1.86. The molecule has 86 valence electrons. The second kappa shape index (κ2) is 5.26. The number of alkyl halides is 1. The molecule has 1 unspecified atom stereocenters. The number of hydrogen-bond donors (Lipinski definition) is 0. The summed E-state index contributed by atoms with van der Waals surface area (Å²) in [5.74, 6) is -0.627. The van der Waals surface area contributed by atoms with Gasteiger partial charge in [0.05, 0.1) is 0 Å². The summed E-state index contributed by atoms with van der Waals surface area (Å²) in [6.07, 6.45) is 0. The van der Waals surface area contributed by atoms with E-state index in [0.717, 1.165) is 0 Å². The molecule has 0 saturated heterocycles. The Kier molecular flexibility index (Phi) is 4.25. The molecule has 0 radical (unpaired) electrons. The minimum absolute atomic E-state index is 0.436. The van der Waals surface area contributed by atoms with Crippen LogP contribution >= 0.6 is 11.6 Å². The first-order valence-electron chi connectivity index (χ1n) is 5.22.